The fourth-order valence-corrected chi connectivity index (χ4v) is 2.69. The molecule has 1 aromatic rings. The molecule has 3 unspecified atom stereocenters. The number of phenols is 1. The molecule has 1 aromatic carbocycles. The van der Waals surface area contributed by atoms with Crippen molar-refractivity contribution < 1.29 is 9.50 Å². The largest absolute Gasteiger partial charge is 0.508 e. The Hall–Kier alpha value is -1.09. The lowest BCUT2D eigenvalue weighted by Gasteiger charge is -2.23. The third-order valence-electron chi connectivity index (χ3n) is 3.78. The van der Waals surface area contributed by atoms with Gasteiger partial charge in [-0.2, -0.15) is 0 Å². The van der Waals surface area contributed by atoms with Gasteiger partial charge in [-0.1, -0.05) is 19.4 Å². The first-order valence-corrected chi connectivity index (χ1v) is 6.32. The molecule has 0 bridgehead atoms. The van der Waals surface area contributed by atoms with Gasteiger partial charge in [0.15, 0.2) is 0 Å². The highest BCUT2D eigenvalue weighted by atomic mass is 19.1. The predicted octanol–water partition coefficient (Wildman–Crippen LogP) is 3.37. The molecule has 0 spiro atoms. The van der Waals surface area contributed by atoms with Gasteiger partial charge in [0.05, 0.1) is 0 Å². The molecule has 0 heterocycles. The Morgan fingerprint density at radius 2 is 2.18 bits per heavy atom. The minimum atomic E-state index is -0.396. The third-order valence-corrected chi connectivity index (χ3v) is 3.78. The second-order valence-corrected chi connectivity index (χ2v) is 5.11. The van der Waals surface area contributed by atoms with Gasteiger partial charge in [0.2, 0.25) is 0 Å². The standard InChI is InChI=1S/C14H20FNO/c1-9-4-3-5-13(9)16-10(2)12-7-6-11(15)8-14(12)17/h6-10,13,16-17H,3-5H2,1-2H3. The van der Waals surface area contributed by atoms with Crippen LogP contribution in [0.3, 0.4) is 0 Å². The summed E-state index contributed by atoms with van der Waals surface area (Å²) in [5.41, 5.74) is 0.769. The van der Waals surface area contributed by atoms with Gasteiger partial charge in [0.25, 0.3) is 0 Å². The highest BCUT2D eigenvalue weighted by Gasteiger charge is 2.25. The van der Waals surface area contributed by atoms with Gasteiger partial charge >= 0.3 is 0 Å². The van der Waals surface area contributed by atoms with Crippen LogP contribution in [0.15, 0.2) is 18.2 Å². The number of hydrogen-bond acceptors (Lipinski definition) is 2. The summed E-state index contributed by atoms with van der Waals surface area (Å²) in [6.07, 6.45) is 3.72. The van der Waals surface area contributed by atoms with Gasteiger partial charge < -0.3 is 10.4 Å². The number of phenolic OH excluding ortho intramolecular Hbond substituents is 1. The van der Waals surface area contributed by atoms with Gasteiger partial charge in [0.1, 0.15) is 11.6 Å². The molecule has 1 aliphatic rings. The molecule has 0 radical (unpaired) electrons. The Labute approximate surface area is 102 Å². The summed E-state index contributed by atoms with van der Waals surface area (Å²) in [5, 5.41) is 13.2. The molecule has 94 valence electrons. The zero-order valence-corrected chi connectivity index (χ0v) is 10.4. The Morgan fingerprint density at radius 3 is 2.76 bits per heavy atom. The maximum atomic E-state index is 12.9. The lowest BCUT2D eigenvalue weighted by molar-refractivity contribution is 0.377. The average molecular weight is 237 g/mol. The molecule has 3 heteroatoms. The Morgan fingerprint density at radius 1 is 1.41 bits per heavy atom. The first-order chi connectivity index (χ1) is 8.08. The maximum Gasteiger partial charge on any atom is 0.126 e. The zero-order chi connectivity index (χ0) is 12.4. The summed E-state index contributed by atoms with van der Waals surface area (Å²) in [4.78, 5) is 0. The summed E-state index contributed by atoms with van der Waals surface area (Å²) in [7, 11) is 0. The van der Waals surface area contributed by atoms with Crippen LogP contribution in [-0.4, -0.2) is 11.1 Å². The smallest absolute Gasteiger partial charge is 0.126 e. The van der Waals surface area contributed by atoms with Crippen LogP contribution in [0.1, 0.15) is 44.7 Å². The van der Waals surface area contributed by atoms with Crippen LogP contribution in [0.4, 0.5) is 4.39 Å². The lowest BCUT2D eigenvalue weighted by atomic mass is 10.0. The summed E-state index contributed by atoms with van der Waals surface area (Å²) < 4.78 is 12.9. The monoisotopic (exact) mass is 237 g/mol. The van der Waals surface area contributed by atoms with E-state index in [2.05, 4.69) is 12.2 Å². The lowest BCUT2D eigenvalue weighted by Crippen LogP contribution is -2.33. The van der Waals surface area contributed by atoms with Crippen molar-refractivity contribution >= 4 is 0 Å². The van der Waals surface area contributed by atoms with Crippen molar-refractivity contribution in [2.24, 2.45) is 5.92 Å². The number of hydrogen-bond donors (Lipinski definition) is 2. The molecular formula is C14H20FNO. The molecule has 0 saturated heterocycles. The first kappa shape index (κ1) is 12.4. The fraction of sp³-hybridized carbons (Fsp3) is 0.571. The Bertz CT molecular complexity index is 394. The normalized spacial score (nSPS) is 26.1. The van der Waals surface area contributed by atoms with E-state index in [1.54, 1.807) is 6.07 Å². The molecule has 0 amide bonds. The summed E-state index contributed by atoms with van der Waals surface area (Å²) in [6, 6.07) is 4.79. The quantitative estimate of drug-likeness (QED) is 0.844. The van der Waals surface area contributed by atoms with E-state index in [0.29, 0.717) is 12.0 Å². The maximum absolute atomic E-state index is 12.9. The molecule has 0 aliphatic heterocycles. The third kappa shape index (κ3) is 2.78. The second-order valence-electron chi connectivity index (χ2n) is 5.11. The van der Waals surface area contributed by atoms with Crippen molar-refractivity contribution in [2.75, 3.05) is 0 Å². The van der Waals surface area contributed by atoms with Crippen LogP contribution < -0.4 is 5.32 Å². The van der Waals surface area contributed by atoms with Gasteiger partial charge in [-0.15, -0.1) is 0 Å². The molecule has 2 N–H and O–H groups in total. The molecule has 1 saturated carbocycles. The number of benzene rings is 1. The molecule has 3 atom stereocenters. The van der Waals surface area contributed by atoms with E-state index in [4.69, 9.17) is 0 Å². The average Bonchev–Trinajstić information content (AvgIpc) is 2.64. The minimum absolute atomic E-state index is 0.0376. The molecular weight excluding hydrogens is 217 g/mol. The number of nitrogens with one attached hydrogen (secondary N) is 1. The highest BCUT2D eigenvalue weighted by Crippen LogP contribution is 2.30. The van der Waals surface area contributed by atoms with Crippen molar-refractivity contribution in [2.45, 2.75) is 45.2 Å². The van der Waals surface area contributed by atoms with E-state index >= 15 is 0 Å². The van der Waals surface area contributed by atoms with Gasteiger partial charge in [-0.05, 0) is 31.7 Å². The van der Waals surface area contributed by atoms with E-state index in [0.717, 1.165) is 5.56 Å². The zero-order valence-electron chi connectivity index (χ0n) is 10.4. The number of aromatic hydroxyl groups is 1. The van der Waals surface area contributed by atoms with E-state index in [-0.39, 0.29) is 11.8 Å². The molecule has 0 aromatic heterocycles. The van der Waals surface area contributed by atoms with E-state index < -0.39 is 5.82 Å². The van der Waals surface area contributed by atoms with Crippen LogP contribution in [0, 0.1) is 11.7 Å². The summed E-state index contributed by atoms with van der Waals surface area (Å²) >= 11 is 0. The molecule has 17 heavy (non-hydrogen) atoms. The van der Waals surface area contributed by atoms with Gasteiger partial charge in [0, 0.05) is 23.7 Å². The molecule has 1 aliphatic carbocycles. The number of halogens is 1. The van der Waals surface area contributed by atoms with Crippen molar-refractivity contribution in [1.29, 1.82) is 0 Å². The van der Waals surface area contributed by atoms with Crippen LogP contribution in [-0.2, 0) is 0 Å². The first-order valence-electron chi connectivity index (χ1n) is 6.32. The highest BCUT2D eigenvalue weighted by molar-refractivity contribution is 5.35. The van der Waals surface area contributed by atoms with E-state index in [1.165, 1.54) is 31.4 Å². The minimum Gasteiger partial charge on any atom is -0.508 e. The van der Waals surface area contributed by atoms with E-state index in [9.17, 15) is 9.50 Å². The van der Waals surface area contributed by atoms with Crippen LogP contribution in [0.5, 0.6) is 5.75 Å². The van der Waals surface area contributed by atoms with E-state index in [1.807, 2.05) is 6.92 Å². The summed E-state index contributed by atoms with van der Waals surface area (Å²) in [6.45, 7) is 4.26. The Balaban J connectivity index is 2.06. The van der Waals surface area contributed by atoms with Crippen molar-refractivity contribution in [3.05, 3.63) is 29.6 Å². The number of rotatable bonds is 3. The molecule has 2 nitrogen and oxygen atoms in total. The topological polar surface area (TPSA) is 32.3 Å². The summed E-state index contributed by atoms with van der Waals surface area (Å²) in [5.74, 6) is 0.323. The Kier molecular flexibility index (Phi) is 3.67. The predicted molar refractivity (Wildman–Crippen MR) is 66.4 cm³/mol. The van der Waals surface area contributed by atoms with Crippen molar-refractivity contribution in [3.63, 3.8) is 0 Å². The second kappa shape index (κ2) is 5.05. The van der Waals surface area contributed by atoms with Crippen LogP contribution >= 0.6 is 0 Å². The fourth-order valence-electron chi connectivity index (χ4n) is 2.69. The van der Waals surface area contributed by atoms with Crippen molar-refractivity contribution in [1.82, 2.24) is 5.32 Å². The van der Waals surface area contributed by atoms with Crippen LogP contribution in [0.2, 0.25) is 0 Å². The van der Waals surface area contributed by atoms with Crippen molar-refractivity contribution in [3.8, 4) is 5.75 Å². The van der Waals surface area contributed by atoms with Crippen LogP contribution in [0.25, 0.3) is 0 Å². The van der Waals surface area contributed by atoms with Gasteiger partial charge in [-0.25, -0.2) is 4.39 Å². The molecule has 1 fully saturated rings. The molecule has 2 rings (SSSR count). The SMILES string of the molecule is CC(NC1CCCC1C)c1ccc(F)cc1O. The van der Waals surface area contributed by atoms with Gasteiger partial charge in [-0.3, -0.25) is 0 Å².